The van der Waals surface area contributed by atoms with E-state index < -0.39 is 0 Å². The van der Waals surface area contributed by atoms with Gasteiger partial charge in [0.15, 0.2) is 0 Å². The molecule has 1 amide bonds. The first kappa shape index (κ1) is 15.3. The summed E-state index contributed by atoms with van der Waals surface area (Å²) in [6.45, 7) is 5.88. The van der Waals surface area contributed by atoms with Crippen LogP contribution in [0.3, 0.4) is 0 Å². The largest absolute Gasteiger partial charge is 0.355 e. The minimum absolute atomic E-state index is 0.0512. The summed E-state index contributed by atoms with van der Waals surface area (Å²) in [6.07, 6.45) is 0. The van der Waals surface area contributed by atoms with Gasteiger partial charge in [-0.2, -0.15) is 0 Å². The number of rotatable bonds is 5. The summed E-state index contributed by atoms with van der Waals surface area (Å²) in [4.78, 5) is 11.5. The minimum atomic E-state index is -0.0512. The normalized spacial score (nSPS) is 10.4. The third-order valence-electron chi connectivity index (χ3n) is 3.38. The number of nitrogens with one attached hydrogen (secondary N) is 2. The molecule has 110 valence electrons. The number of carbonyl (C=O) groups excluding carboxylic acids is 1. The molecule has 0 saturated heterocycles. The summed E-state index contributed by atoms with van der Waals surface area (Å²) in [5.41, 5.74) is 5.75. The maximum Gasteiger partial charge on any atom is 0.251 e. The van der Waals surface area contributed by atoms with Crippen molar-refractivity contribution in [2.75, 3.05) is 7.05 Å². The van der Waals surface area contributed by atoms with Crippen LogP contribution < -0.4 is 10.6 Å². The first-order valence-electron chi connectivity index (χ1n) is 7.17. The monoisotopic (exact) mass is 282 g/mol. The Morgan fingerprint density at radius 2 is 1.48 bits per heavy atom. The van der Waals surface area contributed by atoms with E-state index in [-0.39, 0.29) is 5.91 Å². The highest BCUT2D eigenvalue weighted by molar-refractivity contribution is 5.93. The van der Waals surface area contributed by atoms with E-state index in [0.717, 1.165) is 13.1 Å². The SMILES string of the molecule is CNC(=O)c1ccc(CNCc2cc(C)cc(C)c2)cc1. The molecule has 21 heavy (non-hydrogen) atoms. The number of benzene rings is 2. The molecular weight excluding hydrogens is 260 g/mol. The van der Waals surface area contributed by atoms with Crippen molar-refractivity contribution < 1.29 is 4.79 Å². The molecule has 2 aromatic rings. The summed E-state index contributed by atoms with van der Waals surface area (Å²) in [7, 11) is 1.64. The van der Waals surface area contributed by atoms with Crippen LogP contribution in [0, 0.1) is 13.8 Å². The first-order valence-corrected chi connectivity index (χ1v) is 7.17. The fourth-order valence-corrected chi connectivity index (χ4v) is 2.44. The Hall–Kier alpha value is -2.13. The lowest BCUT2D eigenvalue weighted by molar-refractivity contribution is 0.0963. The molecule has 0 aliphatic heterocycles. The van der Waals surface area contributed by atoms with Gasteiger partial charge in [0.2, 0.25) is 0 Å². The first-order chi connectivity index (χ1) is 10.1. The van der Waals surface area contributed by atoms with Crippen LogP contribution in [-0.4, -0.2) is 13.0 Å². The molecule has 0 aromatic heterocycles. The fraction of sp³-hybridized carbons (Fsp3) is 0.278. The van der Waals surface area contributed by atoms with Crippen molar-refractivity contribution in [3.8, 4) is 0 Å². The molecule has 0 saturated carbocycles. The highest BCUT2D eigenvalue weighted by Crippen LogP contribution is 2.09. The van der Waals surface area contributed by atoms with E-state index in [1.165, 1.54) is 22.3 Å². The molecule has 2 N–H and O–H groups in total. The number of aryl methyl sites for hydroxylation is 2. The Labute approximate surface area is 126 Å². The maximum absolute atomic E-state index is 11.5. The van der Waals surface area contributed by atoms with Gasteiger partial charge in [-0.05, 0) is 37.1 Å². The van der Waals surface area contributed by atoms with Crippen molar-refractivity contribution in [3.63, 3.8) is 0 Å². The van der Waals surface area contributed by atoms with Crippen LogP contribution in [0.2, 0.25) is 0 Å². The third-order valence-corrected chi connectivity index (χ3v) is 3.38. The fourth-order valence-electron chi connectivity index (χ4n) is 2.44. The van der Waals surface area contributed by atoms with E-state index in [0.29, 0.717) is 5.56 Å². The van der Waals surface area contributed by atoms with Crippen LogP contribution in [0.4, 0.5) is 0 Å². The van der Waals surface area contributed by atoms with Gasteiger partial charge in [-0.15, -0.1) is 0 Å². The van der Waals surface area contributed by atoms with Crippen molar-refractivity contribution in [1.82, 2.24) is 10.6 Å². The van der Waals surface area contributed by atoms with Gasteiger partial charge in [0.25, 0.3) is 5.91 Å². The highest BCUT2D eigenvalue weighted by Gasteiger charge is 2.02. The van der Waals surface area contributed by atoms with Gasteiger partial charge in [0.1, 0.15) is 0 Å². The van der Waals surface area contributed by atoms with Gasteiger partial charge in [-0.25, -0.2) is 0 Å². The predicted octanol–water partition coefficient (Wildman–Crippen LogP) is 2.95. The summed E-state index contributed by atoms with van der Waals surface area (Å²) in [5.74, 6) is -0.0512. The molecule has 0 bridgehead atoms. The van der Waals surface area contributed by atoms with Crippen molar-refractivity contribution in [1.29, 1.82) is 0 Å². The minimum Gasteiger partial charge on any atom is -0.355 e. The Balaban J connectivity index is 1.90. The molecule has 2 rings (SSSR count). The Bertz CT molecular complexity index is 597. The molecule has 0 aliphatic rings. The zero-order chi connectivity index (χ0) is 15.2. The van der Waals surface area contributed by atoms with E-state index in [1.807, 2.05) is 24.3 Å². The van der Waals surface area contributed by atoms with Crippen LogP contribution >= 0.6 is 0 Å². The lowest BCUT2D eigenvalue weighted by Crippen LogP contribution is -2.18. The molecular formula is C18H22N2O. The quantitative estimate of drug-likeness (QED) is 0.885. The molecule has 0 atom stereocenters. The second-order valence-corrected chi connectivity index (χ2v) is 5.38. The van der Waals surface area contributed by atoms with E-state index in [4.69, 9.17) is 0 Å². The van der Waals surface area contributed by atoms with Crippen LogP contribution in [0.25, 0.3) is 0 Å². The molecule has 3 heteroatoms. The highest BCUT2D eigenvalue weighted by atomic mass is 16.1. The van der Waals surface area contributed by atoms with Crippen molar-refractivity contribution >= 4 is 5.91 Å². The average Bonchev–Trinajstić information content (AvgIpc) is 2.46. The average molecular weight is 282 g/mol. The zero-order valence-electron chi connectivity index (χ0n) is 12.9. The Morgan fingerprint density at radius 3 is 2.05 bits per heavy atom. The van der Waals surface area contributed by atoms with Crippen molar-refractivity contribution in [3.05, 3.63) is 70.3 Å². The van der Waals surface area contributed by atoms with Crippen LogP contribution in [0.5, 0.6) is 0 Å². The van der Waals surface area contributed by atoms with Crippen LogP contribution in [0.1, 0.15) is 32.6 Å². The maximum atomic E-state index is 11.5. The smallest absolute Gasteiger partial charge is 0.251 e. The summed E-state index contributed by atoms with van der Waals surface area (Å²) in [6, 6.07) is 14.3. The number of hydrogen-bond acceptors (Lipinski definition) is 2. The lowest BCUT2D eigenvalue weighted by Gasteiger charge is -2.08. The van der Waals surface area contributed by atoms with E-state index in [2.05, 4.69) is 42.7 Å². The summed E-state index contributed by atoms with van der Waals surface area (Å²) in [5, 5.41) is 6.06. The summed E-state index contributed by atoms with van der Waals surface area (Å²) < 4.78 is 0. The van der Waals surface area contributed by atoms with E-state index in [9.17, 15) is 4.79 Å². The topological polar surface area (TPSA) is 41.1 Å². The van der Waals surface area contributed by atoms with E-state index >= 15 is 0 Å². The Kier molecular flexibility index (Phi) is 5.12. The number of hydrogen-bond donors (Lipinski definition) is 2. The molecule has 0 fully saturated rings. The third kappa shape index (κ3) is 4.43. The number of carbonyl (C=O) groups is 1. The molecule has 0 unspecified atom stereocenters. The van der Waals surface area contributed by atoms with E-state index in [1.54, 1.807) is 7.05 Å². The van der Waals surface area contributed by atoms with Gasteiger partial charge < -0.3 is 10.6 Å². The van der Waals surface area contributed by atoms with Crippen LogP contribution in [-0.2, 0) is 13.1 Å². The molecule has 0 spiro atoms. The second kappa shape index (κ2) is 7.04. The van der Waals surface area contributed by atoms with Crippen molar-refractivity contribution in [2.24, 2.45) is 0 Å². The molecule has 2 aromatic carbocycles. The van der Waals surface area contributed by atoms with Gasteiger partial charge in [0.05, 0.1) is 0 Å². The standard InChI is InChI=1S/C18H22N2O/c1-13-8-14(2)10-16(9-13)12-20-11-15-4-6-17(7-5-15)18(21)19-3/h4-10,20H,11-12H2,1-3H3,(H,19,21). The molecule has 3 nitrogen and oxygen atoms in total. The predicted molar refractivity (Wildman–Crippen MR) is 86.3 cm³/mol. The molecule has 0 radical (unpaired) electrons. The van der Waals surface area contributed by atoms with Gasteiger partial charge >= 0.3 is 0 Å². The van der Waals surface area contributed by atoms with Gasteiger partial charge in [0, 0.05) is 25.7 Å². The van der Waals surface area contributed by atoms with Crippen molar-refractivity contribution in [2.45, 2.75) is 26.9 Å². The summed E-state index contributed by atoms with van der Waals surface area (Å²) >= 11 is 0. The molecule has 0 aliphatic carbocycles. The zero-order valence-corrected chi connectivity index (χ0v) is 12.9. The molecule has 0 heterocycles. The lowest BCUT2D eigenvalue weighted by atomic mass is 10.1. The second-order valence-electron chi connectivity index (χ2n) is 5.38. The number of amides is 1. The Morgan fingerprint density at radius 1 is 0.905 bits per heavy atom. The van der Waals surface area contributed by atoms with Gasteiger partial charge in [-0.1, -0.05) is 41.5 Å². The van der Waals surface area contributed by atoms with Crippen LogP contribution in [0.15, 0.2) is 42.5 Å². The van der Waals surface area contributed by atoms with Gasteiger partial charge in [-0.3, -0.25) is 4.79 Å².